The van der Waals surface area contributed by atoms with Crippen LogP contribution in [-0.2, 0) is 14.3 Å². The van der Waals surface area contributed by atoms with Crippen molar-refractivity contribution in [3.8, 4) is 0 Å². The molecule has 0 radical (unpaired) electrons. The summed E-state index contributed by atoms with van der Waals surface area (Å²) in [6, 6.07) is 6.60. The normalized spacial score (nSPS) is 14.4. The molecule has 1 amide bonds. The van der Waals surface area contributed by atoms with Crippen LogP contribution in [0.2, 0.25) is 0 Å². The van der Waals surface area contributed by atoms with Crippen molar-refractivity contribution in [1.82, 2.24) is 0 Å². The molecule has 1 aliphatic heterocycles. The van der Waals surface area contributed by atoms with Gasteiger partial charge in [-0.15, -0.1) is 11.8 Å². The fraction of sp³-hybridized carbons (Fsp3) is 0.333. The van der Waals surface area contributed by atoms with Crippen LogP contribution >= 0.6 is 11.8 Å². The third-order valence-electron chi connectivity index (χ3n) is 2.83. The van der Waals surface area contributed by atoms with E-state index in [1.54, 1.807) is 38.1 Å². The van der Waals surface area contributed by atoms with Gasteiger partial charge in [-0.1, -0.05) is 0 Å². The van der Waals surface area contributed by atoms with E-state index in [0.29, 0.717) is 35.1 Å². The molecule has 0 bridgehead atoms. The van der Waals surface area contributed by atoms with Gasteiger partial charge in [-0.25, -0.2) is 4.79 Å². The van der Waals surface area contributed by atoms with E-state index >= 15 is 0 Å². The summed E-state index contributed by atoms with van der Waals surface area (Å²) >= 11 is 1.48. The fourth-order valence-corrected chi connectivity index (χ4v) is 2.64. The Morgan fingerprint density at radius 3 is 2.67 bits per heavy atom. The average Bonchev–Trinajstić information content (AvgIpc) is 2.48. The van der Waals surface area contributed by atoms with Gasteiger partial charge in [-0.05, 0) is 38.1 Å². The summed E-state index contributed by atoms with van der Waals surface area (Å²) < 4.78 is 10.3. The lowest BCUT2D eigenvalue weighted by Crippen LogP contribution is -2.18. The zero-order valence-corrected chi connectivity index (χ0v) is 12.8. The molecule has 1 heterocycles. The number of carbonyl (C=O) groups is 2. The van der Waals surface area contributed by atoms with Gasteiger partial charge in [0.25, 0.3) is 5.91 Å². The number of hydrogen-bond donors (Lipinski definition) is 1. The molecule has 112 valence electrons. The van der Waals surface area contributed by atoms with E-state index in [9.17, 15) is 9.59 Å². The van der Waals surface area contributed by atoms with Crippen LogP contribution in [0.1, 0.15) is 24.2 Å². The first-order chi connectivity index (χ1) is 10.1. The van der Waals surface area contributed by atoms with Crippen LogP contribution < -0.4 is 5.32 Å². The summed E-state index contributed by atoms with van der Waals surface area (Å²) in [6.07, 6.45) is 0. The molecule has 1 aromatic rings. The van der Waals surface area contributed by atoms with Crippen LogP contribution in [0, 0.1) is 0 Å². The zero-order valence-electron chi connectivity index (χ0n) is 12.0. The van der Waals surface area contributed by atoms with Gasteiger partial charge in [0.1, 0.15) is 10.7 Å². The highest BCUT2D eigenvalue weighted by molar-refractivity contribution is 8.04. The molecule has 6 heteroatoms. The number of amides is 1. The Hall–Kier alpha value is -1.95. The summed E-state index contributed by atoms with van der Waals surface area (Å²) in [7, 11) is 0. The number of thioether (sulfide) groups is 1. The van der Waals surface area contributed by atoms with Crippen molar-refractivity contribution < 1.29 is 19.1 Å². The summed E-state index contributed by atoms with van der Waals surface area (Å²) in [6.45, 7) is 4.50. The lowest BCUT2D eigenvalue weighted by molar-refractivity contribution is -0.112. The number of esters is 1. The number of ether oxygens (including phenoxy) is 2. The first kappa shape index (κ1) is 15.4. The lowest BCUT2D eigenvalue weighted by atomic mass is 10.2. The van der Waals surface area contributed by atoms with Crippen LogP contribution in [0.5, 0.6) is 0 Å². The summed E-state index contributed by atoms with van der Waals surface area (Å²) in [5.74, 6) is 0.847. The molecule has 0 aromatic heterocycles. The smallest absolute Gasteiger partial charge is 0.338 e. The van der Waals surface area contributed by atoms with Crippen molar-refractivity contribution >= 4 is 29.3 Å². The van der Waals surface area contributed by atoms with Gasteiger partial charge in [-0.3, -0.25) is 4.79 Å². The number of rotatable bonds is 4. The van der Waals surface area contributed by atoms with Crippen LogP contribution in [0.3, 0.4) is 0 Å². The van der Waals surface area contributed by atoms with E-state index < -0.39 is 0 Å². The molecule has 0 saturated carbocycles. The quantitative estimate of drug-likeness (QED) is 0.867. The van der Waals surface area contributed by atoms with Crippen LogP contribution in [0.25, 0.3) is 0 Å². The van der Waals surface area contributed by atoms with Crippen molar-refractivity contribution in [2.75, 3.05) is 24.3 Å². The molecule has 1 aliphatic rings. The van der Waals surface area contributed by atoms with Crippen molar-refractivity contribution in [3.05, 3.63) is 40.5 Å². The molecular formula is C15H17NO4S. The van der Waals surface area contributed by atoms with Crippen LogP contribution in [0.15, 0.2) is 34.9 Å². The van der Waals surface area contributed by atoms with Crippen LogP contribution in [0.4, 0.5) is 5.69 Å². The molecule has 0 atom stereocenters. The third-order valence-corrected chi connectivity index (χ3v) is 3.96. The summed E-state index contributed by atoms with van der Waals surface area (Å²) in [5, 5.41) is 2.79. The van der Waals surface area contributed by atoms with Crippen molar-refractivity contribution in [2.45, 2.75) is 13.8 Å². The molecule has 2 rings (SSSR count). The largest absolute Gasteiger partial charge is 0.496 e. The van der Waals surface area contributed by atoms with Crippen molar-refractivity contribution in [2.24, 2.45) is 0 Å². The highest BCUT2D eigenvalue weighted by Gasteiger charge is 2.18. The maximum atomic E-state index is 12.1. The molecule has 0 fully saturated rings. The minimum atomic E-state index is -0.370. The predicted octanol–water partition coefficient (Wildman–Crippen LogP) is 2.80. The van der Waals surface area contributed by atoms with Crippen molar-refractivity contribution in [1.29, 1.82) is 0 Å². The Balaban J connectivity index is 2.03. The van der Waals surface area contributed by atoms with Crippen LogP contribution in [-0.4, -0.2) is 30.8 Å². The molecule has 0 spiro atoms. The predicted molar refractivity (Wildman–Crippen MR) is 82.1 cm³/mol. The molecule has 1 N–H and O–H groups in total. The molecule has 0 unspecified atom stereocenters. The first-order valence-electron chi connectivity index (χ1n) is 6.67. The minimum absolute atomic E-state index is 0.193. The third kappa shape index (κ3) is 4.01. The number of benzene rings is 1. The number of carbonyl (C=O) groups excluding carboxylic acids is 2. The number of hydrogen-bond acceptors (Lipinski definition) is 5. The maximum absolute atomic E-state index is 12.1. The minimum Gasteiger partial charge on any atom is -0.496 e. The van der Waals surface area contributed by atoms with Gasteiger partial charge in [-0.2, -0.15) is 0 Å². The van der Waals surface area contributed by atoms with Gasteiger partial charge >= 0.3 is 5.97 Å². The summed E-state index contributed by atoms with van der Waals surface area (Å²) in [5.41, 5.74) is 1.08. The first-order valence-corrected chi connectivity index (χ1v) is 7.65. The zero-order chi connectivity index (χ0) is 15.2. The van der Waals surface area contributed by atoms with Gasteiger partial charge < -0.3 is 14.8 Å². The second kappa shape index (κ2) is 7.17. The van der Waals surface area contributed by atoms with E-state index in [-0.39, 0.29) is 11.9 Å². The SMILES string of the molecule is CCOC(=O)c1ccc(NC(=O)C2=C(C)OCCS2)cc1. The Labute approximate surface area is 127 Å². The highest BCUT2D eigenvalue weighted by Crippen LogP contribution is 2.26. The van der Waals surface area contributed by atoms with Gasteiger partial charge in [0.05, 0.1) is 18.8 Å². The van der Waals surface area contributed by atoms with Gasteiger partial charge in [0.2, 0.25) is 0 Å². The van der Waals surface area contributed by atoms with Gasteiger partial charge in [0.15, 0.2) is 0 Å². The van der Waals surface area contributed by atoms with Gasteiger partial charge in [0, 0.05) is 11.4 Å². The Morgan fingerprint density at radius 1 is 1.33 bits per heavy atom. The number of allylic oxidation sites excluding steroid dienone is 1. The average molecular weight is 307 g/mol. The second-order valence-corrected chi connectivity index (χ2v) is 5.44. The van der Waals surface area contributed by atoms with E-state index in [0.717, 1.165) is 5.75 Å². The monoisotopic (exact) mass is 307 g/mol. The topological polar surface area (TPSA) is 64.6 Å². The highest BCUT2D eigenvalue weighted by atomic mass is 32.2. The van der Waals surface area contributed by atoms with E-state index in [2.05, 4.69) is 5.32 Å². The molecule has 0 aliphatic carbocycles. The maximum Gasteiger partial charge on any atom is 0.338 e. The second-order valence-electron chi connectivity index (χ2n) is 4.33. The Kier molecular flexibility index (Phi) is 5.27. The Bertz CT molecular complexity index is 566. The number of nitrogens with one attached hydrogen (secondary N) is 1. The molecule has 5 nitrogen and oxygen atoms in total. The molecule has 0 saturated heterocycles. The molecule has 1 aromatic carbocycles. The van der Waals surface area contributed by atoms with E-state index in [1.807, 2.05) is 0 Å². The molecular weight excluding hydrogens is 290 g/mol. The standard InChI is InChI=1S/C15H17NO4S/c1-3-19-15(18)11-4-6-12(7-5-11)16-14(17)13-10(2)20-8-9-21-13/h4-7H,3,8-9H2,1-2H3,(H,16,17). The fourth-order valence-electron chi connectivity index (χ4n) is 1.82. The lowest BCUT2D eigenvalue weighted by Gasteiger charge is -2.17. The number of anilines is 1. The van der Waals surface area contributed by atoms with E-state index in [1.165, 1.54) is 11.8 Å². The Morgan fingerprint density at radius 2 is 2.05 bits per heavy atom. The molecule has 21 heavy (non-hydrogen) atoms. The van der Waals surface area contributed by atoms with E-state index in [4.69, 9.17) is 9.47 Å². The summed E-state index contributed by atoms with van der Waals surface area (Å²) in [4.78, 5) is 24.3. The van der Waals surface area contributed by atoms with Crippen molar-refractivity contribution in [3.63, 3.8) is 0 Å².